The van der Waals surface area contributed by atoms with Crippen molar-refractivity contribution in [1.82, 2.24) is 15.3 Å². The van der Waals surface area contributed by atoms with Gasteiger partial charge in [-0.2, -0.15) is 0 Å². The third-order valence-electron chi connectivity index (χ3n) is 6.78. The van der Waals surface area contributed by atoms with Gasteiger partial charge in [-0.3, -0.25) is 0 Å². The van der Waals surface area contributed by atoms with Crippen molar-refractivity contribution in [3.05, 3.63) is 53.6 Å². The molecule has 2 saturated carbocycles. The number of ether oxygens (including phenoxy) is 1. The van der Waals surface area contributed by atoms with Gasteiger partial charge in [0.1, 0.15) is 11.6 Å². The Kier molecular flexibility index (Phi) is 7.67. The Morgan fingerprint density at radius 3 is 2.47 bits per heavy atom. The number of anilines is 2. The van der Waals surface area contributed by atoms with Crippen molar-refractivity contribution < 1.29 is 22.3 Å². The van der Waals surface area contributed by atoms with Crippen LogP contribution in [-0.2, 0) is 14.6 Å². The lowest BCUT2D eigenvalue weighted by molar-refractivity contribution is 0.109. The number of rotatable bonds is 8. The Bertz CT molecular complexity index is 1400. The van der Waals surface area contributed by atoms with E-state index in [1.165, 1.54) is 23.5 Å². The van der Waals surface area contributed by atoms with Crippen LogP contribution in [0.5, 0.6) is 0 Å². The Morgan fingerprint density at radius 2 is 1.82 bits per heavy atom. The lowest BCUT2D eigenvalue weighted by Crippen LogP contribution is -2.38. The third-order valence-corrected chi connectivity index (χ3v) is 10.3. The number of thiazole rings is 1. The first-order valence-electron chi connectivity index (χ1n) is 12.9. The Labute approximate surface area is 226 Å². The van der Waals surface area contributed by atoms with Gasteiger partial charge in [0, 0.05) is 29.4 Å². The number of sulfone groups is 1. The molecule has 1 amide bonds. The van der Waals surface area contributed by atoms with E-state index in [1.807, 2.05) is 13.8 Å². The van der Waals surface area contributed by atoms with Gasteiger partial charge in [0.2, 0.25) is 0 Å². The molecule has 0 aliphatic heterocycles. The van der Waals surface area contributed by atoms with Crippen molar-refractivity contribution in [1.29, 1.82) is 0 Å². The molecule has 5 rings (SSSR count). The second-order valence-corrected chi connectivity index (χ2v) is 13.4. The van der Waals surface area contributed by atoms with Gasteiger partial charge < -0.3 is 15.4 Å². The normalized spacial score (nSPS) is 19.8. The van der Waals surface area contributed by atoms with E-state index in [0.717, 1.165) is 41.8 Å². The first kappa shape index (κ1) is 26.6. The number of amides is 1. The van der Waals surface area contributed by atoms with Gasteiger partial charge in [0.15, 0.2) is 9.84 Å². The van der Waals surface area contributed by atoms with Crippen LogP contribution in [0.2, 0.25) is 0 Å². The van der Waals surface area contributed by atoms with Crippen LogP contribution in [0, 0.1) is 5.82 Å². The average molecular weight is 559 g/mol. The number of carbonyl (C=O) groups excluding carboxylic acids is 1. The highest BCUT2D eigenvalue weighted by molar-refractivity contribution is 7.92. The predicted molar refractivity (Wildman–Crippen MR) is 145 cm³/mol. The molecule has 2 fully saturated rings. The smallest absolute Gasteiger partial charge is 0.407 e. The first-order valence-corrected chi connectivity index (χ1v) is 15.2. The molecule has 3 aromatic rings. The minimum atomic E-state index is -3.50. The maximum absolute atomic E-state index is 13.4. The molecule has 2 N–H and O–H groups in total. The fourth-order valence-corrected chi connectivity index (χ4v) is 7.78. The zero-order chi connectivity index (χ0) is 26.9. The van der Waals surface area contributed by atoms with Gasteiger partial charge in [-0.05, 0) is 76.6 Å². The number of pyridine rings is 1. The summed E-state index contributed by atoms with van der Waals surface area (Å²) in [6, 6.07) is 8.14. The molecule has 2 heterocycles. The minimum absolute atomic E-state index is 0.0860. The van der Waals surface area contributed by atoms with Gasteiger partial charge >= 0.3 is 6.09 Å². The summed E-state index contributed by atoms with van der Waals surface area (Å²) in [6.07, 6.45) is 7.12. The van der Waals surface area contributed by atoms with Crippen LogP contribution < -0.4 is 10.6 Å². The van der Waals surface area contributed by atoms with Crippen LogP contribution in [0.25, 0.3) is 10.4 Å². The number of halogens is 1. The van der Waals surface area contributed by atoms with Gasteiger partial charge in [-0.25, -0.2) is 27.6 Å². The second-order valence-electron chi connectivity index (χ2n) is 10.2. The molecule has 202 valence electrons. The zero-order valence-electron chi connectivity index (χ0n) is 21.3. The van der Waals surface area contributed by atoms with Crippen molar-refractivity contribution in [2.24, 2.45) is 0 Å². The fraction of sp³-hybridized carbons (Fsp3) is 0.444. The summed E-state index contributed by atoms with van der Waals surface area (Å²) in [5.74, 6) is 0.251. The molecule has 0 atom stereocenters. The Hall–Kier alpha value is -3.05. The molecule has 0 bridgehead atoms. The molecule has 2 aliphatic rings. The maximum atomic E-state index is 13.4. The predicted octanol–water partition coefficient (Wildman–Crippen LogP) is 6.18. The first-order chi connectivity index (χ1) is 18.2. The zero-order valence-corrected chi connectivity index (χ0v) is 22.9. The van der Waals surface area contributed by atoms with E-state index in [0.29, 0.717) is 29.9 Å². The monoisotopic (exact) mass is 558 g/mol. The lowest BCUT2D eigenvalue weighted by atomic mass is 9.86. The van der Waals surface area contributed by atoms with Gasteiger partial charge in [-0.15, -0.1) is 11.3 Å². The van der Waals surface area contributed by atoms with E-state index in [-0.39, 0.29) is 34.3 Å². The molecule has 2 aliphatic carbocycles. The standard InChI is InChI=1S/C27H31FN4O4S2/c1-16(2)36-27(33)32-19-6-3-17(4-7-19)26-30-15-23(37-26)22-11-8-20(31-25-12-5-18(28)14-29-25)13-24(22)38(34,35)21-9-10-21/h5,8,11-17,19,21H,3-4,6-7,9-10H2,1-2H3,(H,29,31)(H,32,33). The molecule has 8 nitrogen and oxygen atoms in total. The van der Waals surface area contributed by atoms with Crippen LogP contribution in [0.4, 0.5) is 20.7 Å². The van der Waals surface area contributed by atoms with E-state index in [4.69, 9.17) is 4.74 Å². The number of benzene rings is 1. The summed E-state index contributed by atoms with van der Waals surface area (Å²) in [5.41, 5.74) is 1.21. The van der Waals surface area contributed by atoms with E-state index in [2.05, 4.69) is 20.6 Å². The number of alkyl carbamates (subject to hydrolysis) is 1. The summed E-state index contributed by atoms with van der Waals surface area (Å²) in [5, 5.41) is 6.64. The van der Waals surface area contributed by atoms with Crippen molar-refractivity contribution in [3.63, 3.8) is 0 Å². The van der Waals surface area contributed by atoms with Crippen LogP contribution in [0.3, 0.4) is 0 Å². The SMILES string of the molecule is CC(C)OC(=O)NC1CCC(c2ncc(-c3ccc(Nc4ccc(F)cn4)cc3S(=O)(=O)C3CC3)s2)CC1. The molecule has 38 heavy (non-hydrogen) atoms. The van der Waals surface area contributed by atoms with Crippen molar-refractivity contribution in [2.45, 2.75) is 80.6 Å². The average Bonchev–Trinajstić information content (AvgIpc) is 3.64. The summed E-state index contributed by atoms with van der Waals surface area (Å²) in [6.45, 7) is 3.65. The molecule has 0 radical (unpaired) electrons. The summed E-state index contributed by atoms with van der Waals surface area (Å²) in [4.78, 5) is 21.7. The summed E-state index contributed by atoms with van der Waals surface area (Å²) in [7, 11) is -3.50. The molecule has 11 heteroatoms. The second kappa shape index (κ2) is 11.0. The van der Waals surface area contributed by atoms with Crippen molar-refractivity contribution in [3.8, 4) is 10.4 Å². The summed E-state index contributed by atoms with van der Waals surface area (Å²) >= 11 is 1.53. The molecule has 1 aromatic carbocycles. The highest BCUT2D eigenvalue weighted by atomic mass is 32.2. The van der Waals surface area contributed by atoms with Gasteiger partial charge in [0.05, 0.1) is 32.3 Å². The van der Waals surface area contributed by atoms with Gasteiger partial charge in [-0.1, -0.05) is 6.07 Å². The Balaban J connectivity index is 1.33. The Morgan fingerprint density at radius 1 is 1.05 bits per heavy atom. The molecule has 2 aromatic heterocycles. The topological polar surface area (TPSA) is 110 Å². The van der Waals surface area contributed by atoms with E-state index < -0.39 is 15.7 Å². The number of carbonyl (C=O) groups is 1. The highest BCUT2D eigenvalue weighted by Crippen LogP contribution is 2.43. The number of aromatic nitrogens is 2. The van der Waals surface area contributed by atoms with Crippen LogP contribution in [-0.4, -0.2) is 41.9 Å². The number of nitrogens with zero attached hydrogens (tertiary/aromatic N) is 2. The molecule has 0 unspecified atom stereocenters. The highest BCUT2D eigenvalue weighted by Gasteiger charge is 2.39. The number of nitrogens with one attached hydrogen (secondary N) is 2. The fourth-order valence-electron chi connectivity index (χ4n) is 4.69. The number of hydrogen-bond donors (Lipinski definition) is 2. The summed E-state index contributed by atoms with van der Waals surface area (Å²) < 4.78 is 45.2. The van der Waals surface area contributed by atoms with Crippen molar-refractivity contribution in [2.75, 3.05) is 5.32 Å². The van der Waals surface area contributed by atoms with Crippen LogP contribution >= 0.6 is 11.3 Å². The van der Waals surface area contributed by atoms with Crippen LogP contribution in [0.15, 0.2) is 47.6 Å². The lowest BCUT2D eigenvalue weighted by Gasteiger charge is -2.28. The van der Waals surface area contributed by atoms with Gasteiger partial charge in [0.25, 0.3) is 0 Å². The number of hydrogen-bond acceptors (Lipinski definition) is 8. The van der Waals surface area contributed by atoms with E-state index >= 15 is 0 Å². The van der Waals surface area contributed by atoms with E-state index in [1.54, 1.807) is 24.4 Å². The third kappa shape index (κ3) is 6.15. The molecular weight excluding hydrogens is 527 g/mol. The van der Waals surface area contributed by atoms with Crippen molar-refractivity contribution >= 4 is 38.8 Å². The molecule has 0 spiro atoms. The quantitative estimate of drug-likeness (QED) is 0.339. The molecular formula is C27H31FN4O4S2. The molecule has 0 saturated heterocycles. The minimum Gasteiger partial charge on any atom is -0.447 e. The largest absolute Gasteiger partial charge is 0.447 e. The maximum Gasteiger partial charge on any atom is 0.407 e. The van der Waals surface area contributed by atoms with Crippen LogP contribution in [0.1, 0.15) is 63.3 Å². The van der Waals surface area contributed by atoms with E-state index in [9.17, 15) is 17.6 Å².